The quantitative estimate of drug-likeness (QED) is 0.152. The molecule has 0 heterocycles. The molecule has 0 aromatic heterocycles. The second kappa shape index (κ2) is 12.2. The van der Waals surface area contributed by atoms with E-state index in [2.05, 4.69) is 5.32 Å². The SMILES string of the molecule is NCCCC(=O)CC(=O)OCNCCC[C@H](N)CC(=O)O. The zero-order valence-corrected chi connectivity index (χ0v) is 12.2. The predicted octanol–water partition coefficient (Wildman–Crippen LogP) is -0.643. The van der Waals surface area contributed by atoms with Crippen molar-refractivity contribution in [2.75, 3.05) is 19.8 Å². The van der Waals surface area contributed by atoms with E-state index in [1.807, 2.05) is 0 Å². The molecule has 0 aliphatic carbocycles. The molecule has 0 saturated carbocycles. The molecule has 1 atom stereocenters. The van der Waals surface area contributed by atoms with Gasteiger partial charge >= 0.3 is 11.9 Å². The van der Waals surface area contributed by atoms with Crippen LogP contribution in [0.2, 0.25) is 0 Å². The maximum absolute atomic E-state index is 11.3. The van der Waals surface area contributed by atoms with Gasteiger partial charge in [0.25, 0.3) is 0 Å². The molecular formula is C13H25N3O5. The minimum atomic E-state index is -0.913. The summed E-state index contributed by atoms with van der Waals surface area (Å²) in [4.78, 5) is 32.9. The summed E-state index contributed by atoms with van der Waals surface area (Å²) in [6.45, 7) is 1.01. The Morgan fingerprint density at radius 1 is 1.24 bits per heavy atom. The largest absolute Gasteiger partial charge is 0.481 e. The number of nitrogens with one attached hydrogen (secondary N) is 1. The summed E-state index contributed by atoms with van der Waals surface area (Å²) in [7, 11) is 0. The van der Waals surface area contributed by atoms with Crippen molar-refractivity contribution < 1.29 is 24.2 Å². The molecule has 0 bridgehead atoms. The molecule has 0 rings (SSSR count). The highest BCUT2D eigenvalue weighted by Crippen LogP contribution is 1.98. The molecule has 0 amide bonds. The summed E-state index contributed by atoms with van der Waals surface area (Å²) in [6, 6.07) is -0.369. The van der Waals surface area contributed by atoms with Crippen LogP contribution in [0.4, 0.5) is 0 Å². The third kappa shape index (κ3) is 13.2. The van der Waals surface area contributed by atoms with Gasteiger partial charge in [0, 0.05) is 12.5 Å². The highest BCUT2D eigenvalue weighted by molar-refractivity contribution is 5.95. The van der Waals surface area contributed by atoms with Gasteiger partial charge in [0.05, 0.1) is 6.42 Å². The minimum absolute atomic E-state index is 0.0250. The first-order valence-corrected chi connectivity index (χ1v) is 7.01. The molecule has 0 aliphatic heterocycles. The monoisotopic (exact) mass is 303 g/mol. The van der Waals surface area contributed by atoms with Crippen molar-refractivity contribution in [1.82, 2.24) is 5.32 Å². The van der Waals surface area contributed by atoms with Gasteiger partial charge in [-0.05, 0) is 32.4 Å². The number of carbonyl (C=O) groups is 3. The number of rotatable bonds is 13. The van der Waals surface area contributed by atoms with E-state index in [0.717, 1.165) is 0 Å². The number of Topliss-reactive ketones (excluding diaryl/α,β-unsaturated/α-hetero) is 1. The van der Waals surface area contributed by atoms with Crippen LogP contribution >= 0.6 is 0 Å². The van der Waals surface area contributed by atoms with E-state index < -0.39 is 11.9 Å². The molecule has 122 valence electrons. The van der Waals surface area contributed by atoms with Crippen LogP contribution in [-0.2, 0) is 19.1 Å². The van der Waals surface area contributed by atoms with Crippen molar-refractivity contribution >= 4 is 17.7 Å². The molecule has 0 spiro atoms. The molecule has 8 heteroatoms. The van der Waals surface area contributed by atoms with Crippen LogP contribution in [0.1, 0.15) is 38.5 Å². The van der Waals surface area contributed by atoms with Crippen LogP contribution in [0.15, 0.2) is 0 Å². The summed E-state index contributed by atoms with van der Waals surface area (Å²) in [6.07, 6.45) is 1.83. The van der Waals surface area contributed by atoms with Crippen LogP contribution in [-0.4, -0.2) is 48.7 Å². The molecule has 0 saturated heterocycles. The van der Waals surface area contributed by atoms with Crippen molar-refractivity contribution in [3.05, 3.63) is 0 Å². The number of esters is 1. The lowest BCUT2D eigenvalue weighted by atomic mass is 10.1. The molecule has 8 nitrogen and oxygen atoms in total. The van der Waals surface area contributed by atoms with Gasteiger partial charge in [0.15, 0.2) is 0 Å². The lowest BCUT2D eigenvalue weighted by Crippen LogP contribution is -2.27. The first kappa shape index (κ1) is 19.5. The van der Waals surface area contributed by atoms with Gasteiger partial charge in [0.1, 0.15) is 18.9 Å². The standard InChI is InChI=1S/C13H25N3O5/c14-5-1-4-11(17)8-13(20)21-9-16-6-2-3-10(15)7-12(18)19/h10,16H,1-9,14-15H2,(H,18,19)/t10-/m0/s1. The van der Waals surface area contributed by atoms with Crippen LogP contribution in [0, 0.1) is 0 Å². The second-order valence-electron chi connectivity index (χ2n) is 4.77. The average molecular weight is 303 g/mol. The smallest absolute Gasteiger partial charge is 0.314 e. The summed E-state index contributed by atoms with van der Waals surface area (Å²) >= 11 is 0. The van der Waals surface area contributed by atoms with E-state index >= 15 is 0 Å². The molecule has 0 aliphatic rings. The number of carboxylic acid groups (broad SMARTS) is 1. The summed E-state index contributed by atoms with van der Waals surface area (Å²) in [5.41, 5.74) is 10.9. The van der Waals surface area contributed by atoms with E-state index in [1.54, 1.807) is 0 Å². The summed E-state index contributed by atoms with van der Waals surface area (Å²) in [5, 5.41) is 11.4. The Kier molecular flexibility index (Phi) is 11.4. The highest BCUT2D eigenvalue weighted by Gasteiger charge is 2.10. The summed E-state index contributed by atoms with van der Waals surface area (Å²) in [5.74, 6) is -1.65. The molecule has 0 aromatic carbocycles. The van der Waals surface area contributed by atoms with Crippen molar-refractivity contribution in [3.63, 3.8) is 0 Å². The number of carboxylic acids is 1. The molecule has 21 heavy (non-hydrogen) atoms. The number of nitrogens with two attached hydrogens (primary N) is 2. The number of aliphatic carboxylic acids is 1. The third-order valence-electron chi connectivity index (χ3n) is 2.70. The summed E-state index contributed by atoms with van der Waals surface area (Å²) < 4.78 is 4.84. The fourth-order valence-corrected chi connectivity index (χ4v) is 1.62. The Morgan fingerprint density at radius 3 is 2.57 bits per heavy atom. The van der Waals surface area contributed by atoms with Gasteiger partial charge in [-0.1, -0.05) is 0 Å². The van der Waals surface area contributed by atoms with E-state index in [-0.39, 0.29) is 31.4 Å². The molecular weight excluding hydrogens is 278 g/mol. The highest BCUT2D eigenvalue weighted by atomic mass is 16.5. The van der Waals surface area contributed by atoms with Gasteiger partial charge in [-0.25, -0.2) is 0 Å². The maximum atomic E-state index is 11.3. The Morgan fingerprint density at radius 2 is 1.95 bits per heavy atom. The fourth-order valence-electron chi connectivity index (χ4n) is 1.62. The second-order valence-corrected chi connectivity index (χ2v) is 4.77. The Bertz CT molecular complexity index is 336. The van der Waals surface area contributed by atoms with Crippen molar-refractivity contribution in [3.8, 4) is 0 Å². The topological polar surface area (TPSA) is 145 Å². The minimum Gasteiger partial charge on any atom is -0.481 e. The lowest BCUT2D eigenvalue weighted by molar-refractivity contribution is -0.146. The molecule has 0 fully saturated rings. The van der Waals surface area contributed by atoms with Crippen molar-refractivity contribution in [1.29, 1.82) is 0 Å². The zero-order valence-electron chi connectivity index (χ0n) is 12.2. The Balaban J connectivity index is 3.48. The number of hydrogen-bond acceptors (Lipinski definition) is 7. The van der Waals surface area contributed by atoms with E-state index in [9.17, 15) is 14.4 Å². The Hall–Kier alpha value is -1.51. The third-order valence-corrected chi connectivity index (χ3v) is 2.70. The number of ketones is 1. The van der Waals surface area contributed by atoms with Crippen LogP contribution in [0.5, 0.6) is 0 Å². The van der Waals surface area contributed by atoms with Gasteiger partial charge in [-0.2, -0.15) is 0 Å². The van der Waals surface area contributed by atoms with Gasteiger partial charge < -0.3 is 21.3 Å². The van der Waals surface area contributed by atoms with E-state index in [1.165, 1.54) is 0 Å². The number of ether oxygens (including phenoxy) is 1. The van der Waals surface area contributed by atoms with E-state index in [4.69, 9.17) is 21.3 Å². The van der Waals surface area contributed by atoms with Crippen LogP contribution in [0.3, 0.4) is 0 Å². The van der Waals surface area contributed by atoms with Crippen LogP contribution < -0.4 is 16.8 Å². The van der Waals surface area contributed by atoms with E-state index in [0.29, 0.717) is 38.8 Å². The van der Waals surface area contributed by atoms with Crippen LogP contribution in [0.25, 0.3) is 0 Å². The number of carbonyl (C=O) groups excluding carboxylic acids is 2. The predicted molar refractivity (Wildman–Crippen MR) is 76.3 cm³/mol. The molecule has 6 N–H and O–H groups in total. The molecule has 0 aromatic rings. The first-order valence-electron chi connectivity index (χ1n) is 7.01. The fraction of sp³-hybridized carbons (Fsp3) is 0.769. The molecule has 0 unspecified atom stereocenters. The van der Waals surface area contributed by atoms with Crippen molar-refractivity contribution in [2.45, 2.75) is 44.6 Å². The Labute approximate surface area is 124 Å². The number of hydrogen-bond donors (Lipinski definition) is 4. The first-order chi connectivity index (χ1) is 9.95. The van der Waals surface area contributed by atoms with Gasteiger partial charge in [0.2, 0.25) is 0 Å². The average Bonchev–Trinajstić information content (AvgIpc) is 2.39. The zero-order chi connectivity index (χ0) is 16.1. The van der Waals surface area contributed by atoms with Crippen molar-refractivity contribution in [2.24, 2.45) is 11.5 Å². The maximum Gasteiger partial charge on any atom is 0.314 e. The lowest BCUT2D eigenvalue weighted by Gasteiger charge is -2.09. The van der Waals surface area contributed by atoms with Gasteiger partial charge in [-0.15, -0.1) is 0 Å². The van der Waals surface area contributed by atoms with Gasteiger partial charge in [-0.3, -0.25) is 19.7 Å². The normalized spacial score (nSPS) is 11.9. The molecule has 0 radical (unpaired) electrons.